The fraction of sp³-hybridized carbons (Fsp3) is 0.750. The van der Waals surface area contributed by atoms with Crippen molar-refractivity contribution in [2.24, 2.45) is 5.92 Å². The first kappa shape index (κ1) is 11.3. The summed E-state index contributed by atoms with van der Waals surface area (Å²) in [5.41, 5.74) is 0.493. The number of hydrogen-bond donors (Lipinski definition) is 0. The Hall–Kier alpha value is -0.790. The monoisotopic (exact) mass is 196 g/mol. The van der Waals surface area contributed by atoms with E-state index in [1.54, 1.807) is 6.92 Å². The Balaban J connectivity index is 2.36. The molecule has 0 radical (unpaired) electrons. The van der Waals surface area contributed by atoms with Crippen molar-refractivity contribution in [1.82, 2.24) is 0 Å². The molecule has 1 unspecified atom stereocenters. The summed E-state index contributed by atoms with van der Waals surface area (Å²) >= 11 is 0. The van der Waals surface area contributed by atoms with Gasteiger partial charge in [0.15, 0.2) is 0 Å². The van der Waals surface area contributed by atoms with Crippen LogP contribution in [-0.2, 0) is 9.53 Å². The van der Waals surface area contributed by atoms with Crippen LogP contribution in [0.15, 0.2) is 12.2 Å². The maximum Gasteiger partial charge on any atom is 0.333 e. The molecule has 0 heterocycles. The lowest BCUT2D eigenvalue weighted by molar-refractivity contribution is -0.146. The van der Waals surface area contributed by atoms with Gasteiger partial charge in [-0.25, -0.2) is 4.79 Å². The highest BCUT2D eigenvalue weighted by Gasteiger charge is 2.22. The highest BCUT2D eigenvalue weighted by molar-refractivity contribution is 5.87. The first-order valence-corrected chi connectivity index (χ1v) is 5.47. The summed E-state index contributed by atoms with van der Waals surface area (Å²) in [5.74, 6) is 0.315. The molecule has 0 aromatic carbocycles. The molecular formula is C12H20O2. The van der Waals surface area contributed by atoms with E-state index in [9.17, 15) is 4.79 Å². The molecule has 1 saturated carbocycles. The molecule has 0 bridgehead atoms. The zero-order chi connectivity index (χ0) is 10.6. The quantitative estimate of drug-likeness (QED) is 0.512. The van der Waals surface area contributed by atoms with Crippen molar-refractivity contribution in [1.29, 1.82) is 0 Å². The third kappa shape index (κ3) is 3.17. The first-order chi connectivity index (χ1) is 6.61. The van der Waals surface area contributed by atoms with Crippen LogP contribution < -0.4 is 0 Å². The predicted molar refractivity (Wildman–Crippen MR) is 56.9 cm³/mol. The van der Waals surface area contributed by atoms with Crippen molar-refractivity contribution >= 4 is 5.97 Å². The summed E-state index contributed by atoms with van der Waals surface area (Å²) in [7, 11) is 0. The Morgan fingerprint density at radius 1 is 1.36 bits per heavy atom. The average molecular weight is 196 g/mol. The van der Waals surface area contributed by atoms with Crippen molar-refractivity contribution in [3.63, 3.8) is 0 Å². The van der Waals surface area contributed by atoms with E-state index in [4.69, 9.17) is 4.74 Å². The number of esters is 1. The Kier molecular flexibility index (Phi) is 4.18. The SMILES string of the molecule is C=C(C)C(=O)OC(C)C1CCCCC1. The number of hydrogen-bond acceptors (Lipinski definition) is 2. The standard InChI is InChI=1S/C12H20O2/c1-9(2)12(13)14-10(3)11-7-5-4-6-8-11/h10-11H,1,4-8H2,2-3H3. The minimum absolute atomic E-state index is 0.0551. The Bertz CT molecular complexity index is 214. The summed E-state index contributed by atoms with van der Waals surface area (Å²) in [6.07, 6.45) is 6.34. The van der Waals surface area contributed by atoms with Crippen LogP contribution in [0, 0.1) is 5.92 Å². The third-order valence-corrected chi connectivity index (χ3v) is 2.96. The smallest absolute Gasteiger partial charge is 0.333 e. The fourth-order valence-electron chi connectivity index (χ4n) is 1.97. The summed E-state index contributed by atoms with van der Waals surface area (Å²) in [5, 5.41) is 0. The zero-order valence-corrected chi connectivity index (χ0v) is 9.21. The molecule has 14 heavy (non-hydrogen) atoms. The lowest BCUT2D eigenvalue weighted by Crippen LogP contribution is -2.26. The molecule has 80 valence electrons. The van der Waals surface area contributed by atoms with Gasteiger partial charge >= 0.3 is 5.97 Å². The van der Waals surface area contributed by atoms with E-state index in [2.05, 4.69) is 6.58 Å². The van der Waals surface area contributed by atoms with Crippen molar-refractivity contribution in [2.75, 3.05) is 0 Å². The molecule has 0 aromatic heterocycles. The molecular weight excluding hydrogens is 176 g/mol. The molecule has 0 saturated heterocycles. The molecule has 1 rings (SSSR count). The zero-order valence-electron chi connectivity index (χ0n) is 9.21. The Morgan fingerprint density at radius 3 is 2.43 bits per heavy atom. The minimum atomic E-state index is -0.247. The molecule has 0 spiro atoms. The van der Waals surface area contributed by atoms with E-state index >= 15 is 0 Å². The van der Waals surface area contributed by atoms with Crippen LogP contribution in [0.4, 0.5) is 0 Å². The molecule has 0 aromatic rings. The second-order valence-electron chi connectivity index (χ2n) is 4.29. The van der Waals surface area contributed by atoms with Crippen molar-refractivity contribution in [3.8, 4) is 0 Å². The Morgan fingerprint density at radius 2 is 1.93 bits per heavy atom. The minimum Gasteiger partial charge on any atom is -0.459 e. The van der Waals surface area contributed by atoms with E-state index in [-0.39, 0.29) is 12.1 Å². The number of ether oxygens (including phenoxy) is 1. The van der Waals surface area contributed by atoms with E-state index in [0.717, 1.165) is 0 Å². The van der Waals surface area contributed by atoms with Crippen molar-refractivity contribution in [2.45, 2.75) is 52.1 Å². The van der Waals surface area contributed by atoms with Crippen LogP contribution in [0.25, 0.3) is 0 Å². The predicted octanol–water partition coefficient (Wildman–Crippen LogP) is 3.07. The second-order valence-corrected chi connectivity index (χ2v) is 4.29. The van der Waals surface area contributed by atoms with Gasteiger partial charge in [-0.1, -0.05) is 25.8 Å². The fourth-order valence-corrected chi connectivity index (χ4v) is 1.97. The molecule has 0 amide bonds. The first-order valence-electron chi connectivity index (χ1n) is 5.47. The highest BCUT2D eigenvalue weighted by Crippen LogP contribution is 2.27. The van der Waals surface area contributed by atoms with Crippen LogP contribution >= 0.6 is 0 Å². The largest absolute Gasteiger partial charge is 0.459 e. The molecule has 0 aliphatic heterocycles. The van der Waals surface area contributed by atoms with Gasteiger partial charge in [0.05, 0.1) is 0 Å². The molecule has 1 atom stereocenters. The molecule has 1 aliphatic carbocycles. The lowest BCUT2D eigenvalue weighted by Gasteiger charge is -2.27. The molecule has 0 N–H and O–H groups in total. The maximum absolute atomic E-state index is 11.3. The molecule has 1 aliphatic rings. The lowest BCUT2D eigenvalue weighted by atomic mass is 9.86. The normalized spacial score (nSPS) is 20.1. The molecule has 2 nitrogen and oxygen atoms in total. The van der Waals surface area contributed by atoms with Crippen LogP contribution in [-0.4, -0.2) is 12.1 Å². The van der Waals surface area contributed by atoms with E-state index in [0.29, 0.717) is 11.5 Å². The summed E-state index contributed by atoms with van der Waals surface area (Å²) in [4.78, 5) is 11.3. The van der Waals surface area contributed by atoms with Crippen LogP contribution in [0.1, 0.15) is 46.0 Å². The average Bonchev–Trinajstić information content (AvgIpc) is 2.19. The van der Waals surface area contributed by atoms with E-state index in [1.165, 1.54) is 32.1 Å². The molecule has 1 fully saturated rings. The van der Waals surface area contributed by atoms with Gasteiger partial charge < -0.3 is 4.74 Å². The second kappa shape index (κ2) is 5.18. The van der Waals surface area contributed by atoms with Gasteiger partial charge in [0.1, 0.15) is 6.10 Å². The summed E-state index contributed by atoms with van der Waals surface area (Å²) < 4.78 is 5.31. The maximum atomic E-state index is 11.3. The van der Waals surface area contributed by atoms with Gasteiger partial charge in [0, 0.05) is 5.57 Å². The summed E-state index contributed by atoms with van der Waals surface area (Å²) in [6.45, 7) is 7.27. The van der Waals surface area contributed by atoms with E-state index < -0.39 is 0 Å². The highest BCUT2D eigenvalue weighted by atomic mass is 16.5. The van der Waals surface area contributed by atoms with Gasteiger partial charge in [-0.15, -0.1) is 0 Å². The van der Waals surface area contributed by atoms with Crippen LogP contribution in [0.5, 0.6) is 0 Å². The van der Waals surface area contributed by atoms with Gasteiger partial charge in [0.2, 0.25) is 0 Å². The van der Waals surface area contributed by atoms with Gasteiger partial charge in [-0.3, -0.25) is 0 Å². The van der Waals surface area contributed by atoms with Crippen molar-refractivity contribution in [3.05, 3.63) is 12.2 Å². The number of carbonyl (C=O) groups is 1. The topological polar surface area (TPSA) is 26.3 Å². The van der Waals surface area contributed by atoms with Crippen molar-refractivity contribution < 1.29 is 9.53 Å². The van der Waals surface area contributed by atoms with Crippen LogP contribution in [0.3, 0.4) is 0 Å². The summed E-state index contributed by atoms with van der Waals surface area (Å²) in [6, 6.07) is 0. The third-order valence-electron chi connectivity index (χ3n) is 2.96. The number of rotatable bonds is 3. The van der Waals surface area contributed by atoms with Gasteiger partial charge in [0.25, 0.3) is 0 Å². The number of carbonyl (C=O) groups excluding carboxylic acids is 1. The van der Waals surface area contributed by atoms with Gasteiger partial charge in [-0.05, 0) is 32.6 Å². The molecule has 2 heteroatoms. The van der Waals surface area contributed by atoms with E-state index in [1.807, 2.05) is 6.92 Å². The van der Waals surface area contributed by atoms with Crippen LogP contribution in [0.2, 0.25) is 0 Å². The Labute approximate surface area is 86.3 Å². The van der Waals surface area contributed by atoms with Gasteiger partial charge in [-0.2, -0.15) is 0 Å².